The van der Waals surface area contributed by atoms with Crippen LogP contribution in [-0.2, 0) is 6.54 Å². The minimum Gasteiger partial charge on any atom is -0.494 e. The highest BCUT2D eigenvalue weighted by atomic mass is 16.5. The molecule has 90 valence electrons. The minimum absolute atomic E-state index is 0.169. The zero-order chi connectivity index (χ0) is 12.0. The Balaban J connectivity index is 2.44. The molecule has 1 aromatic carbocycles. The lowest BCUT2D eigenvalue weighted by molar-refractivity contribution is 0.339. The van der Waals surface area contributed by atoms with Gasteiger partial charge < -0.3 is 15.8 Å². The molecule has 0 fully saturated rings. The molecular weight excluding hydrogens is 200 g/mol. The standard InChI is InChI=1S/C13H22N2O/c1-4-16-12-7-5-6-11(8-12)9-15-10-13(2,3)14/h5-8,15H,4,9-10,14H2,1-3H3. The van der Waals surface area contributed by atoms with E-state index in [1.807, 2.05) is 32.9 Å². The summed E-state index contributed by atoms with van der Waals surface area (Å²) in [5, 5.41) is 3.33. The second-order valence-corrected chi connectivity index (χ2v) is 4.67. The Hall–Kier alpha value is -1.06. The molecule has 1 rings (SSSR count). The van der Waals surface area contributed by atoms with E-state index in [2.05, 4.69) is 17.4 Å². The molecule has 0 amide bonds. The Morgan fingerprint density at radius 2 is 2.12 bits per heavy atom. The molecule has 0 atom stereocenters. The SMILES string of the molecule is CCOc1cccc(CNCC(C)(C)N)c1. The summed E-state index contributed by atoms with van der Waals surface area (Å²) in [5.74, 6) is 0.925. The maximum absolute atomic E-state index is 5.89. The van der Waals surface area contributed by atoms with E-state index in [-0.39, 0.29) is 5.54 Å². The smallest absolute Gasteiger partial charge is 0.119 e. The fourth-order valence-electron chi connectivity index (χ4n) is 1.44. The largest absolute Gasteiger partial charge is 0.494 e. The first kappa shape index (κ1) is 13.0. The Bertz CT molecular complexity index is 318. The van der Waals surface area contributed by atoms with Crippen molar-refractivity contribution in [2.75, 3.05) is 13.2 Å². The minimum atomic E-state index is -0.169. The fourth-order valence-corrected chi connectivity index (χ4v) is 1.44. The number of hydrogen-bond donors (Lipinski definition) is 2. The van der Waals surface area contributed by atoms with Crippen LogP contribution in [0.2, 0.25) is 0 Å². The molecule has 0 saturated heterocycles. The van der Waals surface area contributed by atoms with Gasteiger partial charge in [-0.3, -0.25) is 0 Å². The number of nitrogens with one attached hydrogen (secondary N) is 1. The Labute approximate surface area is 98.0 Å². The van der Waals surface area contributed by atoms with Crippen LogP contribution in [0.5, 0.6) is 5.75 Å². The normalized spacial score (nSPS) is 11.5. The summed E-state index contributed by atoms with van der Waals surface area (Å²) in [6.45, 7) is 8.33. The van der Waals surface area contributed by atoms with E-state index >= 15 is 0 Å². The number of nitrogens with two attached hydrogens (primary N) is 1. The molecule has 3 heteroatoms. The maximum atomic E-state index is 5.89. The molecule has 16 heavy (non-hydrogen) atoms. The van der Waals surface area contributed by atoms with Crippen LogP contribution in [0, 0.1) is 0 Å². The predicted molar refractivity (Wildman–Crippen MR) is 67.6 cm³/mol. The van der Waals surface area contributed by atoms with Crippen LogP contribution in [0.15, 0.2) is 24.3 Å². The summed E-state index contributed by atoms with van der Waals surface area (Å²) in [6, 6.07) is 8.12. The van der Waals surface area contributed by atoms with Gasteiger partial charge in [0.1, 0.15) is 5.75 Å². The third-order valence-corrected chi connectivity index (χ3v) is 2.12. The first-order chi connectivity index (χ1) is 7.51. The monoisotopic (exact) mass is 222 g/mol. The molecule has 0 spiro atoms. The molecule has 0 bridgehead atoms. The quantitative estimate of drug-likeness (QED) is 0.773. The van der Waals surface area contributed by atoms with Gasteiger partial charge in [-0.15, -0.1) is 0 Å². The van der Waals surface area contributed by atoms with Gasteiger partial charge in [0.15, 0.2) is 0 Å². The number of rotatable bonds is 6. The second-order valence-electron chi connectivity index (χ2n) is 4.67. The second kappa shape index (κ2) is 5.87. The van der Waals surface area contributed by atoms with E-state index < -0.39 is 0 Å². The van der Waals surface area contributed by atoms with Gasteiger partial charge >= 0.3 is 0 Å². The van der Waals surface area contributed by atoms with E-state index in [9.17, 15) is 0 Å². The van der Waals surface area contributed by atoms with Gasteiger partial charge in [-0.25, -0.2) is 0 Å². The maximum Gasteiger partial charge on any atom is 0.119 e. The van der Waals surface area contributed by atoms with Gasteiger partial charge in [-0.2, -0.15) is 0 Å². The molecule has 0 unspecified atom stereocenters. The molecule has 0 aromatic heterocycles. The number of ether oxygens (including phenoxy) is 1. The van der Waals surface area contributed by atoms with E-state index in [4.69, 9.17) is 10.5 Å². The van der Waals surface area contributed by atoms with Crippen molar-refractivity contribution in [3.8, 4) is 5.75 Å². The van der Waals surface area contributed by atoms with Gasteiger partial charge in [-0.05, 0) is 38.5 Å². The molecule has 0 heterocycles. The third kappa shape index (κ3) is 5.14. The zero-order valence-corrected chi connectivity index (χ0v) is 10.4. The molecule has 0 radical (unpaired) electrons. The van der Waals surface area contributed by atoms with E-state index in [0.717, 1.165) is 18.8 Å². The Morgan fingerprint density at radius 1 is 1.38 bits per heavy atom. The lowest BCUT2D eigenvalue weighted by Crippen LogP contribution is -2.42. The topological polar surface area (TPSA) is 47.3 Å². The Morgan fingerprint density at radius 3 is 2.75 bits per heavy atom. The highest BCUT2D eigenvalue weighted by Crippen LogP contribution is 2.13. The van der Waals surface area contributed by atoms with Crippen LogP contribution >= 0.6 is 0 Å². The van der Waals surface area contributed by atoms with Crippen LogP contribution in [-0.4, -0.2) is 18.7 Å². The Kier molecular flexibility index (Phi) is 4.77. The third-order valence-electron chi connectivity index (χ3n) is 2.12. The van der Waals surface area contributed by atoms with Gasteiger partial charge in [0.2, 0.25) is 0 Å². The summed E-state index contributed by atoms with van der Waals surface area (Å²) in [5.41, 5.74) is 6.94. The number of hydrogen-bond acceptors (Lipinski definition) is 3. The van der Waals surface area contributed by atoms with Gasteiger partial charge in [0.25, 0.3) is 0 Å². The zero-order valence-electron chi connectivity index (χ0n) is 10.4. The fraction of sp³-hybridized carbons (Fsp3) is 0.538. The summed E-state index contributed by atoms with van der Waals surface area (Å²) >= 11 is 0. The first-order valence-corrected chi connectivity index (χ1v) is 5.72. The van der Waals surface area contributed by atoms with Gasteiger partial charge in [0.05, 0.1) is 6.61 Å². The van der Waals surface area contributed by atoms with E-state index in [1.165, 1.54) is 5.56 Å². The van der Waals surface area contributed by atoms with Crippen LogP contribution in [0.4, 0.5) is 0 Å². The van der Waals surface area contributed by atoms with Crippen molar-refractivity contribution in [2.24, 2.45) is 5.73 Å². The van der Waals surface area contributed by atoms with Crippen molar-refractivity contribution in [3.63, 3.8) is 0 Å². The van der Waals surface area contributed by atoms with Crippen LogP contribution in [0.3, 0.4) is 0 Å². The molecule has 3 N–H and O–H groups in total. The molecule has 0 aliphatic rings. The molecule has 3 nitrogen and oxygen atoms in total. The molecule has 1 aromatic rings. The highest BCUT2D eigenvalue weighted by Gasteiger charge is 2.08. The summed E-state index contributed by atoms with van der Waals surface area (Å²) < 4.78 is 5.44. The van der Waals surface area contributed by atoms with Gasteiger partial charge in [0, 0.05) is 18.6 Å². The summed E-state index contributed by atoms with van der Waals surface area (Å²) in [4.78, 5) is 0. The highest BCUT2D eigenvalue weighted by molar-refractivity contribution is 5.28. The molecule has 0 aliphatic heterocycles. The van der Waals surface area contributed by atoms with Crippen molar-refractivity contribution in [1.29, 1.82) is 0 Å². The van der Waals surface area contributed by atoms with Gasteiger partial charge in [-0.1, -0.05) is 12.1 Å². The molecule has 0 aliphatic carbocycles. The van der Waals surface area contributed by atoms with Crippen LogP contribution in [0.25, 0.3) is 0 Å². The van der Waals surface area contributed by atoms with Crippen molar-refractivity contribution in [2.45, 2.75) is 32.9 Å². The summed E-state index contributed by atoms with van der Waals surface area (Å²) in [6.07, 6.45) is 0. The van der Waals surface area contributed by atoms with Crippen molar-refractivity contribution in [3.05, 3.63) is 29.8 Å². The lowest BCUT2D eigenvalue weighted by atomic mass is 10.1. The predicted octanol–water partition coefficient (Wildman–Crippen LogP) is 1.91. The van der Waals surface area contributed by atoms with Crippen molar-refractivity contribution < 1.29 is 4.74 Å². The first-order valence-electron chi connectivity index (χ1n) is 5.72. The van der Waals surface area contributed by atoms with Crippen molar-refractivity contribution in [1.82, 2.24) is 5.32 Å². The number of benzene rings is 1. The average Bonchev–Trinajstić information content (AvgIpc) is 2.17. The summed E-state index contributed by atoms with van der Waals surface area (Å²) in [7, 11) is 0. The van der Waals surface area contributed by atoms with E-state index in [0.29, 0.717) is 6.61 Å². The van der Waals surface area contributed by atoms with Crippen molar-refractivity contribution >= 4 is 0 Å². The average molecular weight is 222 g/mol. The van der Waals surface area contributed by atoms with Crippen LogP contribution < -0.4 is 15.8 Å². The van der Waals surface area contributed by atoms with E-state index in [1.54, 1.807) is 0 Å². The van der Waals surface area contributed by atoms with Crippen LogP contribution in [0.1, 0.15) is 26.3 Å². The molecular formula is C13H22N2O. The lowest BCUT2D eigenvalue weighted by Gasteiger charge is -2.19. The molecule has 0 saturated carbocycles.